The van der Waals surface area contributed by atoms with Crippen molar-refractivity contribution in [1.82, 2.24) is 10.6 Å². The molecule has 1 saturated heterocycles. The molecule has 7 heteroatoms. The van der Waals surface area contributed by atoms with Gasteiger partial charge in [0.1, 0.15) is 11.6 Å². The monoisotopic (exact) mass is 463 g/mol. The van der Waals surface area contributed by atoms with E-state index in [-0.39, 0.29) is 24.2 Å². The lowest BCUT2D eigenvalue weighted by Crippen LogP contribution is -2.45. The van der Waals surface area contributed by atoms with Crippen molar-refractivity contribution in [2.75, 3.05) is 31.1 Å². The Morgan fingerprint density at radius 2 is 1.65 bits per heavy atom. The minimum Gasteiger partial charge on any atom is -0.369 e. The molecule has 1 atom stereocenters. The molecule has 1 fully saturated rings. The van der Waals surface area contributed by atoms with Crippen molar-refractivity contribution in [1.29, 1.82) is 0 Å². The lowest BCUT2D eigenvalue weighted by molar-refractivity contribution is -0.120. The maximum Gasteiger partial charge on any atom is 0.254 e. The Hall–Kier alpha value is -3.58. The highest BCUT2D eigenvalue weighted by atomic mass is 19.1. The fourth-order valence-electron chi connectivity index (χ4n) is 4.20. The Morgan fingerprint density at radius 3 is 2.38 bits per heavy atom. The minimum atomic E-state index is -0.895. The Kier molecular flexibility index (Phi) is 7.65. The van der Waals surface area contributed by atoms with Gasteiger partial charge < -0.3 is 15.5 Å². The van der Waals surface area contributed by atoms with E-state index in [0.717, 1.165) is 37.4 Å². The summed E-state index contributed by atoms with van der Waals surface area (Å²) in [4.78, 5) is 28.4. The first kappa shape index (κ1) is 23.6. The van der Waals surface area contributed by atoms with E-state index in [1.54, 1.807) is 12.1 Å². The number of halogens is 2. The lowest BCUT2D eigenvalue weighted by Gasteiger charge is -2.31. The first-order chi connectivity index (χ1) is 16.5. The zero-order valence-corrected chi connectivity index (χ0v) is 18.8. The Bertz CT molecular complexity index is 1150. The molecule has 0 spiro atoms. The number of ketones is 1. The maximum absolute atomic E-state index is 14.2. The van der Waals surface area contributed by atoms with Crippen molar-refractivity contribution in [3.05, 3.63) is 101 Å². The molecule has 1 aliphatic heterocycles. The summed E-state index contributed by atoms with van der Waals surface area (Å²) >= 11 is 0. The van der Waals surface area contributed by atoms with Crippen LogP contribution in [0.15, 0.2) is 72.8 Å². The molecule has 0 saturated carbocycles. The van der Waals surface area contributed by atoms with Crippen molar-refractivity contribution in [3.8, 4) is 0 Å². The summed E-state index contributed by atoms with van der Waals surface area (Å²) in [5, 5.41) is 5.99. The van der Waals surface area contributed by atoms with Gasteiger partial charge in [0.25, 0.3) is 5.91 Å². The van der Waals surface area contributed by atoms with E-state index in [4.69, 9.17) is 0 Å². The Labute approximate surface area is 197 Å². The summed E-state index contributed by atoms with van der Waals surface area (Å²) in [6.45, 7) is 3.12. The van der Waals surface area contributed by atoms with Gasteiger partial charge in [-0.1, -0.05) is 42.5 Å². The van der Waals surface area contributed by atoms with Crippen LogP contribution in [0.3, 0.4) is 0 Å². The fraction of sp³-hybridized carbons (Fsp3) is 0.259. The number of benzene rings is 3. The third kappa shape index (κ3) is 5.85. The van der Waals surface area contributed by atoms with Crippen LogP contribution in [0.5, 0.6) is 0 Å². The summed E-state index contributed by atoms with van der Waals surface area (Å²) in [7, 11) is 0. The molecule has 0 aromatic heterocycles. The topological polar surface area (TPSA) is 61.4 Å². The minimum absolute atomic E-state index is 0.0495. The van der Waals surface area contributed by atoms with Gasteiger partial charge in [-0.3, -0.25) is 9.59 Å². The summed E-state index contributed by atoms with van der Waals surface area (Å²) in [5.74, 6) is -2.00. The summed E-state index contributed by atoms with van der Waals surface area (Å²) < 4.78 is 28.3. The molecule has 0 radical (unpaired) electrons. The van der Waals surface area contributed by atoms with Crippen molar-refractivity contribution >= 4 is 17.4 Å². The SMILES string of the molecule is O=C(N[C@@H](Cc1ccccc1)C(=O)Cc1cc(F)ccc1N1CCNCC1)c1ccccc1F. The predicted octanol–water partition coefficient (Wildman–Crippen LogP) is 3.53. The van der Waals surface area contributed by atoms with Gasteiger partial charge in [0.2, 0.25) is 0 Å². The van der Waals surface area contributed by atoms with Crippen LogP contribution >= 0.6 is 0 Å². The number of piperazine rings is 1. The third-order valence-corrected chi connectivity index (χ3v) is 5.96. The second kappa shape index (κ2) is 11.0. The second-order valence-corrected chi connectivity index (χ2v) is 8.35. The van der Waals surface area contributed by atoms with E-state index in [1.807, 2.05) is 30.3 Å². The number of anilines is 1. The number of nitrogens with one attached hydrogen (secondary N) is 2. The first-order valence-electron chi connectivity index (χ1n) is 11.4. The van der Waals surface area contributed by atoms with E-state index < -0.39 is 23.6 Å². The molecule has 0 unspecified atom stereocenters. The Balaban J connectivity index is 1.59. The molecule has 3 aromatic rings. The second-order valence-electron chi connectivity index (χ2n) is 8.35. The zero-order valence-electron chi connectivity index (χ0n) is 18.8. The molecule has 176 valence electrons. The van der Waals surface area contributed by atoms with Crippen LogP contribution in [0.1, 0.15) is 21.5 Å². The molecule has 0 aliphatic carbocycles. The highest BCUT2D eigenvalue weighted by molar-refractivity contribution is 5.98. The van der Waals surface area contributed by atoms with Gasteiger partial charge in [-0.25, -0.2) is 8.78 Å². The maximum atomic E-state index is 14.2. The molecule has 34 heavy (non-hydrogen) atoms. The first-order valence-corrected chi connectivity index (χ1v) is 11.4. The summed E-state index contributed by atoms with van der Waals surface area (Å²) in [5.41, 5.74) is 2.12. The average Bonchev–Trinajstić information content (AvgIpc) is 2.85. The standard InChI is InChI=1S/C27H27F2N3O2/c28-21-10-11-25(32-14-12-30-13-15-32)20(17-21)18-26(33)24(16-19-6-2-1-3-7-19)31-27(34)22-8-4-5-9-23(22)29/h1-11,17,24,30H,12-16,18H2,(H,31,34)/t24-/m0/s1. The largest absolute Gasteiger partial charge is 0.369 e. The molecule has 1 amide bonds. The predicted molar refractivity (Wildman–Crippen MR) is 128 cm³/mol. The van der Waals surface area contributed by atoms with Gasteiger partial charge in [0, 0.05) is 38.3 Å². The number of Topliss-reactive ketones (excluding diaryl/α,β-unsaturated/α-hetero) is 1. The fourth-order valence-corrected chi connectivity index (χ4v) is 4.20. The van der Waals surface area contributed by atoms with Crippen LogP contribution in [-0.4, -0.2) is 43.9 Å². The molecule has 5 nitrogen and oxygen atoms in total. The van der Waals surface area contributed by atoms with Crippen molar-refractivity contribution < 1.29 is 18.4 Å². The van der Waals surface area contributed by atoms with Gasteiger partial charge >= 0.3 is 0 Å². The summed E-state index contributed by atoms with van der Waals surface area (Å²) in [6, 6.07) is 18.5. The van der Waals surface area contributed by atoms with Crippen LogP contribution in [0.2, 0.25) is 0 Å². The van der Waals surface area contributed by atoms with E-state index >= 15 is 0 Å². The van der Waals surface area contributed by atoms with E-state index in [2.05, 4.69) is 15.5 Å². The number of carbonyl (C=O) groups excluding carboxylic acids is 2. The van der Waals surface area contributed by atoms with Gasteiger partial charge in [-0.2, -0.15) is 0 Å². The number of rotatable bonds is 8. The van der Waals surface area contributed by atoms with Crippen LogP contribution in [0, 0.1) is 11.6 Å². The number of hydrogen-bond donors (Lipinski definition) is 2. The van der Waals surface area contributed by atoms with Crippen molar-refractivity contribution in [2.45, 2.75) is 18.9 Å². The number of hydrogen-bond acceptors (Lipinski definition) is 4. The third-order valence-electron chi connectivity index (χ3n) is 5.96. The van der Waals surface area contributed by atoms with E-state index in [0.29, 0.717) is 5.56 Å². The molecule has 1 heterocycles. The molecule has 3 aromatic carbocycles. The Morgan fingerprint density at radius 1 is 0.941 bits per heavy atom. The van der Waals surface area contributed by atoms with Gasteiger partial charge in [0.15, 0.2) is 5.78 Å². The number of nitrogens with zero attached hydrogens (tertiary/aromatic N) is 1. The quantitative estimate of drug-likeness (QED) is 0.537. The molecular formula is C27H27F2N3O2. The molecule has 1 aliphatic rings. The molecule has 0 bridgehead atoms. The molecular weight excluding hydrogens is 436 g/mol. The van der Waals surface area contributed by atoms with Crippen molar-refractivity contribution in [2.24, 2.45) is 0 Å². The normalized spacial score (nSPS) is 14.5. The van der Waals surface area contributed by atoms with E-state index in [9.17, 15) is 18.4 Å². The van der Waals surface area contributed by atoms with Crippen LogP contribution in [-0.2, 0) is 17.6 Å². The van der Waals surface area contributed by atoms with Crippen LogP contribution < -0.4 is 15.5 Å². The average molecular weight is 464 g/mol. The number of carbonyl (C=O) groups is 2. The summed E-state index contributed by atoms with van der Waals surface area (Å²) in [6.07, 6.45) is 0.199. The highest BCUT2D eigenvalue weighted by Crippen LogP contribution is 2.24. The van der Waals surface area contributed by atoms with Gasteiger partial charge in [-0.05, 0) is 47.9 Å². The number of amides is 1. The molecule has 2 N–H and O–H groups in total. The highest BCUT2D eigenvalue weighted by Gasteiger charge is 2.25. The van der Waals surface area contributed by atoms with Gasteiger partial charge in [0.05, 0.1) is 11.6 Å². The van der Waals surface area contributed by atoms with E-state index in [1.165, 1.54) is 30.3 Å². The van der Waals surface area contributed by atoms with Gasteiger partial charge in [-0.15, -0.1) is 0 Å². The molecule has 4 rings (SSSR count). The van der Waals surface area contributed by atoms with Crippen LogP contribution in [0.25, 0.3) is 0 Å². The zero-order chi connectivity index (χ0) is 23.9. The lowest BCUT2D eigenvalue weighted by atomic mass is 9.96. The smallest absolute Gasteiger partial charge is 0.254 e. The van der Waals surface area contributed by atoms with Crippen LogP contribution in [0.4, 0.5) is 14.5 Å². The van der Waals surface area contributed by atoms with Crippen molar-refractivity contribution in [3.63, 3.8) is 0 Å².